The second kappa shape index (κ2) is 8.32. The molecule has 0 unspecified atom stereocenters. The van der Waals surface area contributed by atoms with E-state index in [2.05, 4.69) is 23.7 Å². The van der Waals surface area contributed by atoms with Crippen molar-refractivity contribution in [3.8, 4) is 0 Å². The molecule has 0 aliphatic carbocycles. The molecular formula is C21H27N3O3S. The molecule has 0 aromatic heterocycles. The third kappa shape index (κ3) is 4.72. The van der Waals surface area contributed by atoms with Gasteiger partial charge in [-0.25, -0.2) is 8.42 Å². The van der Waals surface area contributed by atoms with Crippen LogP contribution in [0, 0.1) is 6.92 Å². The summed E-state index contributed by atoms with van der Waals surface area (Å²) in [7, 11) is 0.432. The van der Waals surface area contributed by atoms with Crippen molar-refractivity contribution in [3.63, 3.8) is 0 Å². The number of aryl methyl sites for hydroxylation is 1. The number of piperidine rings is 1. The molecule has 1 fully saturated rings. The van der Waals surface area contributed by atoms with Gasteiger partial charge in [0.15, 0.2) is 0 Å². The number of amides is 1. The van der Waals surface area contributed by atoms with Crippen molar-refractivity contribution < 1.29 is 13.2 Å². The molecule has 2 aromatic rings. The molecule has 7 heteroatoms. The van der Waals surface area contributed by atoms with Gasteiger partial charge in [0.2, 0.25) is 0 Å². The van der Waals surface area contributed by atoms with Gasteiger partial charge in [-0.2, -0.15) is 0 Å². The van der Waals surface area contributed by atoms with Crippen molar-refractivity contribution in [2.75, 3.05) is 31.9 Å². The van der Waals surface area contributed by atoms with E-state index in [1.165, 1.54) is 12.1 Å². The molecule has 150 valence electrons. The van der Waals surface area contributed by atoms with Crippen LogP contribution in [-0.4, -0.2) is 57.4 Å². The minimum atomic E-state index is -3.69. The maximum absolute atomic E-state index is 12.7. The van der Waals surface area contributed by atoms with Gasteiger partial charge in [-0.1, -0.05) is 17.7 Å². The Hall–Kier alpha value is -2.38. The quantitative estimate of drug-likeness (QED) is 0.836. The summed E-state index contributed by atoms with van der Waals surface area (Å²) in [5.74, 6) is -0.0485. The predicted octanol–water partition coefficient (Wildman–Crippen LogP) is 2.96. The zero-order valence-corrected chi connectivity index (χ0v) is 17.4. The van der Waals surface area contributed by atoms with Gasteiger partial charge >= 0.3 is 0 Å². The topological polar surface area (TPSA) is 69.7 Å². The van der Waals surface area contributed by atoms with E-state index in [1.807, 2.05) is 24.0 Å². The molecule has 1 amide bonds. The zero-order valence-electron chi connectivity index (χ0n) is 16.6. The minimum Gasteiger partial charge on any atom is -0.339 e. The van der Waals surface area contributed by atoms with E-state index >= 15 is 0 Å². The van der Waals surface area contributed by atoms with Gasteiger partial charge in [0.25, 0.3) is 15.9 Å². The first-order valence-electron chi connectivity index (χ1n) is 9.41. The monoisotopic (exact) mass is 401 g/mol. The molecule has 0 bridgehead atoms. The second-order valence-corrected chi connectivity index (χ2v) is 9.17. The molecule has 0 radical (unpaired) electrons. The van der Waals surface area contributed by atoms with Crippen LogP contribution in [0.4, 0.5) is 5.69 Å². The number of carbonyl (C=O) groups is 1. The Morgan fingerprint density at radius 1 is 1.00 bits per heavy atom. The summed E-state index contributed by atoms with van der Waals surface area (Å²) < 4.78 is 27.7. The first-order chi connectivity index (χ1) is 13.3. The number of rotatable bonds is 5. The summed E-state index contributed by atoms with van der Waals surface area (Å²) in [6, 6.07) is 13.8. The number of nitrogens with zero attached hydrogens (tertiary/aromatic N) is 2. The van der Waals surface area contributed by atoms with Crippen LogP contribution in [0.5, 0.6) is 0 Å². The van der Waals surface area contributed by atoms with Gasteiger partial charge in [-0.05, 0) is 70.3 Å². The lowest BCUT2D eigenvalue weighted by Crippen LogP contribution is -2.44. The third-order valence-corrected chi connectivity index (χ3v) is 6.59. The Kier molecular flexibility index (Phi) is 6.05. The van der Waals surface area contributed by atoms with Crippen LogP contribution < -0.4 is 4.72 Å². The van der Waals surface area contributed by atoms with Crippen molar-refractivity contribution in [3.05, 3.63) is 59.7 Å². The molecule has 1 N–H and O–H groups in total. The molecular weight excluding hydrogens is 374 g/mol. The van der Waals surface area contributed by atoms with Gasteiger partial charge in [0, 0.05) is 30.4 Å². The van der Waals surface area contributed by atoms with Crippen molar-refractivity contribution in [1.29, 1.82) is 0 Å². The maximum atomic E-state index is 12.7. The fourth-order valence-corrected chi connectivity index (χ4v) is 4.44. The van der Waals surface area contributed by atoms with E-state index in [9.17, 15) is 13.2 Å². The highest BCUT2D eigenvalue weighted by Crippen LogP contribution is 2.20. The fourth-order valence-electron chi connectivity index (χ4n) is 3.38. The van der Waals surface area contributed by atoms with Crippen LogP contribution in [0.25, 0.3) is 0 Å². The number of hydrogen-bond acceptors (Lipinski definition) is 4. The Labute approximate surface area is 167 Å². The Bertz CT molecular complexity index is 914. The third-order valence-electron chi connectivity index (χ3n) is 5.20. The van der Waals surface area contributed by atoms with Crippen molar-refractivity contribution in [2.24, 2.45) is 0 Å². The summed E-state index contributed by atoms with van der Waals surface area (Å²) in [5.41, 5.74) is 2.08. The molecule has 28 heavy (non-hydrogen) atoms. The number of likely N-dealkylation sites (tertiary alicyclic amines) is 1. The van der Waals surface area contributed by atoms with Gasteiger partial charge in [0.05, 0.1) is 4.90 Å². The predicted molar refractivity (Wildman–Crippen MR) is 111 cm³/mol. The molecule has 3 rings (SSSR count). The van der Waals surface area contributed by atoms with Crippen molar-refractivity contribution in [1.82, 2.24) is 9.80 Å². The Morgan fingerprint density at radius 2 is 1.57 bits per heavy atom. The molecule has 1 saturated heterocycles. The molecule has 0 atom stereocenters. The van der Waals surface area contributed by atoms with E-state index in [0.717, 1.165) is 31.5 Å². The standard InChI is InChI=1S/C21H27N3O3S/c1-16-4-8-18(9-5-16)22-28(26,27)20-10-6-17(7-11-20)21(25)24-14-12-19(13-15-24)23(2)3/h4-11,19,22H,12-15H2,1-3H3. The van der Waals surface area contributed by atoms with Crippen LogP contribution in [-0.2, 0) is 10.0 Å². The zero-order chi connectivity index (χ0) is 20.3. The Balaban J connectivity index is 1.67. The summed E-state index contributed by atoms with van der Waals surface area (Å²) in [5, 5.41) is 0. The number of carbonyl (C=O) groups excluding carboxylic acids is 1. The normalized spacial score (nSPS) is 15.6. The van der Waals surface area contributed by atoms with Crippen molar-refractivity contribution in [2.45, 2.75) is 30.7 Å². The number of anilines is 1. The first-order valence-corrected chi connectivity index (χ1v) is 10.9. The van der Waals surface area contributed by atoms with E-state index in [-0.39, 0.29) is 10.8 Å². The SMILES string of the molecule is Cc1ccc(NS(=O)(=O)c2ccc(C(=O)N3CCC(N(C)C)CC3)cc2)cc1. The molecule has 2 aromatic carbocycles. The molecule has 1 aliphatic rings. The number of nitrogens with one attached hydrogen (secondary N) is 1. The molecule has 0 saturated carbocycles. The average Bonchev–Trinajstić information content (AvgIpc) is 2.69. The first kappa shape index (κ1) is 20.4. The van der Waals surface area contributed by atoms with E-state index in [0.29, 0.717) is 17.3 Å². The van der Waals surface area contributed by atoms with Crippen LogP contribution in [0.2, 0.25) is 0 Å². The molecule has 6 nitrogen and oxygen atoms in total. The summed E-state index contributed by atoms with van der Waals surface area (Å²) in [6.07, 6.45) is 1.90. The fraction of sp³-hybridized carbons (Fsp3) is 0.381. The number of hydrogen-bond donors (Lipinski definition) is 1. The number of sulfonamides is 1. The summed E-state index contributed by atoms with van der Waals surface area (Å²) in [4.78, 5) is 16.9. The van der Waals surface area contributed by atoms with Gasteiger partial charge in [0.1, 0.15) is 0 Å². The van der Waals surface area contributed by atoms with E-state index in [4.69, 9.17) is 0 Å². The molecule has 1 heterocycles. The van der Waals surface area contributed by atoms with Gasteiger partial charge in [-0.15, -0.1) is 0 Å². The van der Waals surface area contributed by atoms with Crippen LogP contribution in [0.3, 0.4) is 0 Å². The largest absolute Gasteiger partial charge is 0.339 e. The summed E-state index contributed by atoms with van der Waals surface area (Å²) >= 11 is 0. The maximum Gasteiger partial charge on any atom is 0.261 e. The van der Waals surface area contributed by atoms with Crippen LogP contribution >= 0.6 is 0 Å². The lowest BCUT2D eigenvalue weighted by Gasteiger charge is -2.35. The van der Waals surface area contributed by atoms with Gasteiger partial charge < -0.3 is 9.80 Å². The molecule has 0 spiro atoms. The average molecular weight is 402 g/mol. The lowest BCUT2D eigenvalue weighted by molar-refractivity contribution is 0.0663. The Morgan fingerprint density at radius 3 is 2.11 bits per heavy atom. The van der Waals surface area contributed by atoms with Crippen LogP contribution in [0.15, 0.2) is 53.4 Å². The minimum absolute atomic E-state index is 0.0485. The summed E-state index contributed by atoms with van der Waals surface area (Å²) in [6.45, 7) is 3.38. The highest BCUT2D eigenvalue weighted by Gasteiger charge is 2.25. The van der Waals surface area contributed by atoms with Gasteiger partial charge in [-0.3, -0.25) is 9.52 Å². The van der Waals surface area contributed by atoms with Crippen LogP contribution in [0.1, 0.15) is 28.8 Å². The lowest BCUT2D eigenvalue weighted by atomic mass is 10.0. The number of benzene rings is 2. The van der Waals surface area contributed by atoms with E-state index in [1.54, 1.807) is 24.3 Å². The van der Waals surface area contributed by atoms with Crippen molar-refractivity contribution >= 4 is 21.6 Å². The highest BCUT2D eigenvalue weighted by molar-refractivity contribution is 7.92. The van der Waals surface area contributed by atoms with E-state index < -0.39 is 10.0 Å². The highest BCUT2D eigenvalue weighted by atomic mass is 32.2. The molecule has 1 aliphatic heterocycles. The second-order valence-electron chi connectivity index (χ2n) is 7.48. The smallest absolute Gasteiger partial charge is 0.261 e.